The maximum atomic E-state index is 13.1. The van der Waals surface area contributed by atoms with Crippen molar-refractivity contribution < 1.29 is 9.53 Å². The van der Waals surface area contributed by atoms with Crippen molar-refractivity contribution in [2.24, 2.45) is 23.7 Å². The van der Waals surface area contributed by atoms with Gasteiger partial charge in [-0.3, -0.25) is 4.79 Å². The van der Waals surface area contributed by atoms with Crippen LogP contribution in [0.15, 0.2) is 67.3 Å². The Kier molecular flexibility index (Phi) is 4.61. The molecule has 0 saturated heterocycles. The van der Waals surface area contributed by atoms with Gasteiger partial charge in [-0.25, -0.2) is 0 Å². The van der Waals surface area contributed by atoms with E-state index in [1.54, 1.807) is 7.11 Å². The maximum Gasteiger partial charge on any atom is 0.309 e. The summed E-state index contributed by atoms with van der Waals surface area (Å²) in [5.41, 5.74) is 4.20. The lowest BCUT2D eigenvalue weighted by molar-refractivity contribution is -0.151. The van der Waals surface area contributed by atoms with Gasteiger partial charge in [-0.15, -0.1) is 6.58 Å². The average Bonchev–Trinajstić information content (AvgIpc) is 3.18. The molecule has 0 aliphatic heterocycles. The number of fused-ring (bicyclic) bond motifs is 5. The number of carbonyl (C=O) groups is 1. The fraction of sp³-hybridized carbons (Fsp3) is 0.444. The Morgan fingerprint density at radius 3 is 2.59 bits per heavy atom. The number of ether oxygens (including phenoxy) is 1. The zero-order chi connectivity index (χ0) is 20.0. The van der Waals surface area contributed by atoms with Gasteiger partial charge in [0.1, 0.15) is 0 Å². The molecule has 0 aromatic heterocycles. The van der Waals surface area contributed by atoms with Crippen LogP contribution < -0.4 is 0 Å². The summed E-state index contributed by atoms with van der Waals surface area (Å²) in [6, 6.07) is 19.7. The maximum absolute atomic E-state index is 13.1. The molecular formula is C27H30O2. The van der Waals surface area contributed by atoms with E-state index in [0.717, 1.165) is 19.3 Å². The third-order valence-electron chi connectivity index (χ3n) is 8.34. The van der Waals surface area contributed by atoms with Gasteiger partial charge >= 0.3 is 5.97 Å². The molecule has 0 amide bonds. The first kappa shape index (κ1) is 18.7. The second-order valence-corrected chi connectivity index (χ2v) is 9.19. The van der Waals surface area contributed by atoms with Crippen molar-refractivity contribution in [1.82, 2.24) is 0 Å². The summed E-state index contributed by atoms with van der Waals surface area (Å²) in [4.78, 5) is 13.1. The van der Waals surface area contributed by atoms with Crippen LogP contribution in [0.3, 0.4) is 0 Å². The minimum atomic E-state index is -0.0940. The second-order valence-electron chi connectivity index (χ2n) is 9.19. The first-order valence-electron chi connectivity index (χ1n) is 11.0. The van der Waals surface area contributed by atoms with Crippen LogP contribution in [0, 0.1) is 23.7 Å². The van der Waals surface area contributed by atoms with Crippen molar-refractivity contribution in [2.45, 2.75) is 43.4 Å². The number of esters is 1. The van der Waals surface area contributed by atoms with Gasteiger partial charge < -0.3 is 4.74 Å². The minimum absolute atomic E-state index is 0.00465. The molecule has 0 heterocycles. The number of hydrogen-bond donors (Lipinski definition) is 0. The van der Waals surface area contributed by atoms with Crippen LogP contribution in [-0.2, 0) is 21.4 Å². The largest absolute Gasteiger partial charge is 0.469 e. The van der Waals surface area contributed by atoms with Gasteiger partial charge in [0.2, 0.25) is 0 Å². The molecule has 0 N–H and O–H groups in total. The van der Waals surface area contributed by atoms with E-state index in [2.05, 4.69) is 67.3 Å². The van der Waals surface area contributed by atoms with E-state index in [1.165, 1.54) is 29.5 Å². The molecule has 3 aliphatic rings. The third kappa shape index (κ3) is 2.64. The van der Waals surface area contributed by atoms with Crippen LogP contribution in [0.2, 0.25) is 0 Å². The van der Waals surface area contributed by atoms with Crippen LogP contribution in [0.5, 0.6) is 0 Å². The summed E-state index contributed by atoms with van der Waals surface area (Å²) in [5.74, 6) is 1.67. The number of allylic oxidation sites excluding steroid dienone is 1. The molecule has 2 nitrogen and oxygen atoms in total. The molecule has 2 aromatic carbocycles. The van der Waals surface area contributed by atoms with Crippen molar-refractivity contribution in [3.8, 4) is 0 Å². The van der Waals surface area contributed by atoms with E-state index in [-0.39, 0.29) is 23.2 Å². The van der Waals surface area contributed by atoms with Crippen molar-refractivity contribution in [3.05, 3.63) is 83.9 Å². The number of benzene rings is 2. The lowest BCUT2D eigenvalue weighted by Crippen LogP contribution is -2.52. The Morgan fingerprint density at radius 2 is 1.83 bits per heavy atom. The van der Waals surface area contributed by atoms with Crippen molar-refractivity contribution in [3.63, 3.8) is 0 Å². The quantitative estimate of drug-likeness (QED) is 0.501. The van der Waals surface area contributed by atoms with Gasteiger partial charge in [-0.05, 0) is 66.5 Å². The second kappa shape index (κ2) is 7.16. The minimum Gasteiger partial charge on any atom is -0.469 e. The van der Waals surface area contributed by atoms with Crippen LogP contribution in [0.25, 0.3) is 0 Å². The fourth-order valence-corrected chi connectivity index (χ4v) is 7.33. The molecule has 29 heavy (non-hydrogen) atoms. The zero-order valence-electron chi connectivity index (χ0n) is 17.2. The molecule has 2 saturated carbocycles. The van der Waals surface area contributed by atoms with Gasteiger partial charge in [0.25, 0.3) is 0 Å². The predicted octanol–water partition coefficient (Wildman–Crippen LogP) is 5.68. The van der Waals surface area contributed by atoms with E-state index in [0.29, 0.717) is 17.8 Å². The highest BCUT2D eigenvalue weighted by Crippen LogP contribution is 2.65. The topological polar surface area (TPSA) is 26.3 Å². The first-order valence-corrected chi connectivity index (χ1v) is 11.0. The molecule has 6 unspecified atom stereocenters. The van der Waals surface area contributed by atoms with Gasteiger partial charge in [-0.1, -0.05) is 60.7 Å². The van der Waals surface area contributed by atoms with Crippen LogP contribution in [-0.4, -0.2) is 13.1 Å². The van der Waals surface area contributed by atoms with E-state index < -0.39 is 0 Å². The molecule has 3 aliphatic carbocycles. The molecule has 2 fully saturated rings. The molecule has 0 spiro atoms. The number of methoxy groups -OCH3 is 1. The monoisotopic (exact) mass is 386 g/mol. The summed E-state index contributed by atoms with van der Waals surface area (Å²) < 4.78 is 5.39. The summed E-state index contributed by atoms with van der Waals surface area (Å²) in [7, 11) is 1.55. The van der Waals surface area contributed by atoms with Crippen LogP contribution in [0.4, 0.5) is 0 Å². The Hall–Kier alpha value is -2.35. The Morgan fingerprint density at radius 1 is 1.07 bits per heavy atom. The lowest BCUT2D eigenvalue weighted by atomic mass is 9.48. The summed E-state index contributed by atoms with van der Waals surface area (Å²) in [6.45, 7) is 4.22. The van der Waals surface area contributed by atoms with Crippen LogP contribution >= 0.6 is 0 Å². The first-order chi connectivity index (χ1) is 14.2. The van der Waals surface area contributed by atoms with Crippen molar-refractivity contribution >= 4 is 5.97 Å². The highest BCUT2D eigenvalue weighted by atomic mass is 16.5. The van der Waals surface area contributed by atoms with Gasteiger partial charge in [0.15, 0.2) is 0 Å². The number of carbonyl (C=O) groups excluding carboxylic acids is 1. The average molecular weight is 387 g/mol. The normalized spacial score (nSPS) is 35.1. The van der Waals surface area contributed by atoms with Crippen molar-refractivity contribution in [2.75, 3.05) is 7.11 Å². The van der Waals surface area contributed by atoms with E-state index in [1.807, 2.05) is 0 Å². The zero-order valence-corrected chi connectivity index (χ0v) is 17.2. The van der Waals surface area contributed by atoms with E-state index >= 15 is 0 Å². The Labute approximate surface area is 174 Å². The number of hydrogen-bond acceptors (Lipinski definition) is 2. The number of rotatable bonds is 3. The van der Waals surface area contributed by atoms with Gasteiger partial charge in [-0.2, -0.15) is 0 Å². The third-order valence-corrected chi connectivity index (χ3v) is 8.34. The molecule has 2 aromatic rings. The van der Waals surface area contributed by atoms with Crippen LogP contribution in [0.1, 0.15) is 48.3 Å². The molecule has 6 atom stereocenters. The highest BCUT2D eigenvalue weighted by Gasteiger charge is 2.61. The number of aryl methyl sites for hydroxylation is 1. The molecule has 150 valence electrons. The molecule has 0 bridgehead atoms. The van der Waals surface area contributed by atoms with E-state index in [9.17, 15) is 4.79 Å². The summed E-state index contributed by atoms with van der Waals surface area (Å²) in [6.07, 6.45) is 7.70. The molecule has 5 rings (SSSR count). The Balaban J connectivity index is 1.69. The lowest BCUT2D eigenvalue weighted by Gasteiger charge is -2.55. The van der Waals surface area contributed by atoms with Gasteiger partial charge in [0.05, 0.1) is 13.0 Å². The molecule has 2 heteroatoms. The predicted molar refractivity (Wildman–Crippen MR) is 116 cm³/mol. The fourth-order valence-electron chi connectivity index (χ4n) is 7.33. The highest BCUT2D eigenvalue weighted by molar-refractivity contribution is 5.75. The van der Waals surface area contributed by atoms with Gasteiger partial charge in [0, 0.05) is 11.3 Å². The molecular weight excluding hydrogens is 356 g/mol. The summed E-state index contributed by atoms with van der Waals surface area (Å²) in [5, 5.41) is 0. The molecule has 0 radical (unpaired) electrons. The van der Waals surface area contributed by atoms with E-state index in [4.69, 9.17) is 4.74 Å². The standard InChI is InChI=1S/C27H30O2/c1-3-19-14-16-24-22-15-13-18-9-7-8-12-21(18)25(22)23(26(28)29-2)17-27(19,24)20-10-5-4-6-11-20/h3-12,19,22-25H,1,13-17H2,2H3. The SMILES string of the molecule is C=CC1CCC2C3CCc4ccccc4C3C(C(=O)OC)CC12c1ccccc1. The Bertz CT molecular complexity index is 917. The van der Waals surface area contributed by atoms with Crippen molar-refractivity contribution in [1.29, 1.82) is 0 Å². The summed E-state index contributed by atoms with van der Waals surface area (Å²) >= 11 is 0. The smallest absolute Gasteiger partial charge is 0.309 e.